The molecule has 0 radical (unpaired) electrons. The molecule has 0 aliphatic heterocycles. The summed E-state index contributed by atoms with van der Waals surface area (Å²) in [5.41, 5.74) is 1.14. The van der Waals surface area contributed by atoms with Gasteiger partial charge in [0.25, 0.3) is 0 Å². The van der Waals surface area contributed by atoms with Crippen LogP contribution in [0, 0.1) is 6.92 Å². The van der Waals surface area contributed by atoms with E-state index < -0.39 is 0 Å². The number of halogens is 1. The monoisotopic (exact) mass is 271 g/mol. The van der Waals surface area contributed by atoms with Crippen LogP contribution in [0.1, 0.15) is 12.5 Å². The van der Waals surface area contributed by atoms with Crippen molar-refractivity contribution in [2.24, 2.45) is 0 Å². The third kappa shape index (κ3) is 4.83. The van der Waals surface area contributed by atoms with Crippen LogP contribution in [0.5, 0.6) is 5.75 Å². The van der Waals surface area contributed by atoms with E-state index in [1.54, 1.807) is 0 Å². The van der Waals surface area contributed by atoms with Crippen molar-refractivity contribution in [1.29, 1.82) is 0 Å². The Morgan fingerprint density at radius 1 is 1.47 bits per heavy atom. The topological polar surface area (TPSA) is 38.3 Å². The average molecular weight is 272 g/mol. The smallest absolute Gasteiger partial charge is 0.216 e. The van der Waals surface area contributed by atoms with Crippen molar-refractivity contribution >= 4 is 21.8 Å². The first-order chi connectivity index (χ1) is 7.08. The highest BCUT2D eigenvalue weighted by atomic mass is 79.9. The highest BCUT2D eigenvalue weighted by molar-refractivity contribution is 9.10. The maximum Gasteiger partial charge on any atom is 0.216 e. The molecule has 0 bridgehead atoms. The molecule has 0 saturated carbocycles. The number of hydrogen-bond acceptors (Lipinski definition) is 2. The molecule has 0 spiro atoms. The van der Waals surface area contributed by atoms with Gasteiger partial charge in [-0.1, -0.05) is 15.9 Å². The van der Waals surface area contributed by atoms with Crippen LogP contribution in [0.25, 0.3) is 0 Å². The molecule has 0 saturated heterocycles. The zero-order valence-corrected chi connectivity index (χ0v) is 10.4. The molecule has 0 aromatic heterocycles. The lowest BCUT2D eigenvalue weighted by Crippen LogP contribution is -2.25. The lowest BCUT2D eigenvalue weighted by Gasteiger charge is -2.07. The van der Waals surface area contributed by atoms with Gasteiger partial charge >= 0.3 is 0 Å². The number of hydrogen-bond donors (Lipinski definition) is 1. The standard InChI is InChI=1S/C11H14BrNO2/c1-8-5-10(12)7-11(6-8)15-4-3-13-9(2)14/h5-7H,3-4H2,1-2H3,(H,13,14). The Morgan fingerprint density at radius 3 is 2.80 bits per heavy atom. The Labute approximate surface area is 97.9 Å². The largest absolute Gasteiger partial charge is 0.492 e. The van der Waals surface area contributed by atoms with Crippen LogP contribution in [0.3, 0.4) is 0 Å². The van der Waals surface area contributed by atoms with Crippen LogP contribution in [0.15, 0.2) is 22.7 Å². The molecule has 1 aromatic carbocycles. The van der Waals surface area contributed by atoms with Crippen molar-refractivity contribution in [3.05, 3.63) is 28.2 Å². The Morgan fingerprint density at radius 2 is 2.20 bits per heavy atom. The molecule has 0 unspecified atom stereocenters. The van der Waals surface area contributed by atoms with Crippen molar-refractivity contribution in [1.82, 2.24) is 5.32 Å². The molecule has 0 aliphatic carbocycles. The zero-order chi connectivity index (χ0) is 11.3. The quantitative estimate of drug-likeness (QED) is 0.854. The van der Waals surface area contributed by atoms with E-state index in [1.807, 2.05) is 25.1 Å². The molecule has 1 aromatic rings. The van der Waals surface area contributed by atoms with Crippen LogP contribution < -0.4 is 10.1 Å². The summed E-state index contributed by atoms with van der Waals surface area (Å²) in [5, 5.41) is 2.67. The molecule has 4 heteroatoms. The molecule has 15 heavy (non-hydrogen) atoms. The van der Waals surface area contributed by atoms with Gasteiger partial charge in [0.2, 0.25) is 5.91 Å². The van der Waals surface area contributed by atoms with Crippen LogP contribution >= 0.6 is 15.9 Å². The molecule has 1 rings (SSSR count). The van der Waals surface area contributed by atoms with E-state index in [1.165, 1.54) is 6.92 Å². The lowest BCUT2D eigenvalue weighted by atomic mass is 10.2. The normalized spacial score (nSPS) is 9.80. The van der Waals surface area contributed by atoms with Gasteiger partial charge in [-0.15, -0.1) is 0 Å². The van der Waals surface area contributed by atoms with Crippen molar-refractivity contribution in [2.75, 3.05) is 13.2 Å². The third-order valence-electron chi connectivity index (χ3n) is 1.76. The number of nitrogens with one attached hydrogen (secondary N) is 1. The SMILES string of the molecule is CC(=O)NCCOc1cc(C)cc(Br)c1. The van der Waals surface area contributed by atoms with Gasteiger partial charge in [0.15, 0.2) is 0 Å². The van der Waals surface area contributed by atoms with Gasteiger partial charge in [-0.2, -0.15) is 0 Å². The van der Waals surface area contributed by atoms with Crippen molar-refractivity contribution in [3.8, 4) is 5.75 Å². The molecule has 0 heterocycles. The summed E-state index contributed by atoms with van der Waals surface area (Å²) in [6.45, 7) is 4.51. The first-order valence-electron chi connectivity index (χ1n) is 4.72. The number of carbonyl (C=O) groups excluding carboxylic acids is 1. The molecule has 0 aliphatic rings. The fourth-order valence-corrected chi connectivity index (χ4v) is 1.77. The summed E-state index contributed by atoms with van der Waals surface area (Å²) < 4.78 is 6.47. The number of carbonyl (C=O) groups is 1. The molecule has 0 fully saturated rings. The van der Waals surface area contributed by atoms with Gasteiger partial charge in [0.05, 0.1) is 6.54 Å². The average Bonchev–Trinajstić information content (AvgIpc) is 2.10. The molecular weight excluding hydrogens is 258 g/mol. The Hall–Kier alpha value is -1.03. The fourth-order valence-electron chi connectivity index (χ4n) is 1.18. The number of ether oxygens (including phenoxy) is 1. The molecule has 1 N–H and O–H groups in total. The number of aryl methyl sites for hydroxylation is 1. The summed E-state index contributed by atoms with van der Waals surface area (Å²) in [6, 6.07) is 5.87. The maximum atomic E-state index is 10.6. The molecule has 1 amide bonds. The predicted octanol–water partition coefficient (Wildman–Crippen LogP) is 2.27. The molecule has 3 nitrogen and oxygen atoms in total. The van der Waals surface area contributed by atoms with Gasteiger partial charge in [-0.3, -0.25) is 4.79 Å². The van der Waals surface area contributed by atoms with Gasteiger partial charge in [-0.05, 0) is 30.7 Å². The summed E-state index contributed by atoms with van der Waals surface area (Å²) in [7, 11) is 0. The first-order valence-corrected chi connectivity index (χ1v) is 5.51. The van der Waals surface area contributed by atoms with E-state index in [0.717, 1.165) is 15.8 Å². The van der Waals surface area contributed by atoms with Gasteiger partial charge in [0.1, 0.15) is 12.4 Å². The number of rotatable bonds is 4. The van der Waals surface area contributed by atoms with Crippen LogP contribution in [0.4, 0.5) is 0 Å². The van der Waals surface area contributed by atoms with Crippen LogP contribution in [-0.2, 0) is 4.79 Å². The fraction of sp³-hybridized carbons (Fsp3) is 0.364. The summed E-state index contributed by atoms with van der Waals surface area (Å²) in [6.07, 6.45) is 0. The first kappa shape index (κ1) is 12.0. The van der Waals surface area contributed by atoms with E-state index in [2.05, 4.69) is 21.2 Å². The van der Waals surface area contributed by atoms with Crippen molar-refractivity contribution < 1.29 is 9.53 Å². The van der Waals surface area contributed by atoms with E-state index >= 15 is 0 Å². The molecular formula is C11H14BrNO2. The van der Waals surface area contributed by atoms with Crippen LogP contribution in [0.2, 0.25) is 0 Å². The van der Waals surface area contributed by atoms with Gasteiger partial charge < -0.3 is 10.1 Å². The van der Waals surface area contributed by atoms with Crippen LogP contribution in [-0.4, -0.2) is 19.1 Å². The summed E-state index contributed by atoms with van der Waals surface area (Å²) >= 11 is 3.40. The highest BCUT2D eigenvalue weighted by Crippen LogP contribution is 2.20. The zero-order valence-electron chi connectivity index (χ0n) is 8.84. The predicted molar refractivity (Wildman–Crippen MR) is 63.1 cm³/mol. The Balaban J connectivity index is 2.40. The Kier molecular flexibility index (Phi) is 4.62. The summed E-state index contributed by atoms with van der Waals surface area (Å²) in [4.78, 5) is 10.6. The maximum absolute atomic E-state index is 10.6. The van der Waals surface area contributed by atoms with E-state index in [9.17, 15) is 4.79 Å². The Bertz CT molecular complexity index is 332. The van der Waals surface area contributed by atoms with Crippen molar-refractivity contribution in [3.63, 3.8) is 0 Å². The van der Waals surface area contributed by atoms with Crippen molar-refractivity contribution in [2.45, 2.75) is 13.8 Å². The number of benzene rings is 1. The van der Waals surface area contributed by atoms with E-state index in [-0.39, 0.29) is 5.91 Å². The molecule has 82 valence electrons. The second-order valence-electron chi connectivity index (χ2n) is 3.30. The third-order valence-corrected chi connectivity index (χ3v) is 2.22. The lowest BCUT2D eigenvalue weighted by molar-refractivity contribution is -0.119. The minimum Gasteiger partial charge on any atom is -0.492 e. The minimum absolute atomic E-state index is 0.0379. The van der Waals surface area contributed by atoms with Gasteiger partial charge in [0, 0.05) is 11.4 Å². The number of amides is 1. The van der Waals surface area contributed by atoms with E-state index in [4.69, 9.17) is 4.74 Å². The summed E-state index contributed by atoms with van der Waals surface area (Å²) in [5.74, 6) is 0.774. The highest BCUT2D eigenvalue weighted by Gasteiger charge is 1.97. The van der Waals surface area contributed by atoms with Gasteiger partial charge in [-0.25, -0.2) is 0 Å². The minimum atomic E-state index is -0.0379. The second-order valence-corrected chi connectivity index (χ2v) is 4.21. The van der Waals surface area contributed by atoms with E-state index in [0.29, 0.717) is 13.2 Å². The second kappa shape index (κ2) is 5.75. The molecule has 0 atom stereocenters.